The Bertz CT molecular complexity index is 918. The third kappa shape index (κ3) is 3.42. The molecule has 180 valence electrons. The second-order valence-electron chi connectivity index (χ2n) is 11.6. The highest BCUT2D eigenvalue weighted by molar-refractivity contribution is 5.54. The molecule has 3 saturated carbocycles. The largest absolute Gasteiger partial charge is 0.384 e. The van der Waals surface area contributed by atoms with Crippen molar-refractivity contribution in [1.82, 2.24) is 0 Å². The zero-order valence-electron chi connectivity index (χ0n) is 20.4. The summed E-state index contributed by atoms with van der Waals surface area (Å²) in [5, 5.41) is 21.0. The first-order valence-electron chi connectivity index (χ1n) is 12.9. The molecular formula is C29H40O4. The number of fused-ring (bicyclic) bond motifs is 5. The van der Waals surface area contributed by atoms with Crippen LogP contribution in [0.3, 0.4) is 0 Å². The maximum absolute atomic E-state index is 11.7. The third-order valence-electron chi connectivity index (χ3n) is 10.1. The van der Waals surface area contributed by atoms with E-state index >= 15 is 0 Å². The summed E-state index contributed by atoms with van der Waals surface area (Å²) in [7, 11) is 0. The highest BCUT2D eigenvalue weighted by atomic mass is 16.7. The third-order valence-corrected chi connectivity index (χ3v) is 10.1. The lowest BCUT2D eigenvalue weighted by Crippen LogP contribution is -2.54. The Kier molecular flexibility index (Phi) is 5.93. The summed E-state index contributed by atoms with van der Waals surface area (Å²) in [6, 6.07) is 0. The molecule has 0 spiro atoms. The van der Waals surface area contributed by atoms with E-state index in [-0.39, 0.29) is 30.3 Å². The van der Waals surface area contributed by atoms with Crippen LogP contribution in [0, 0.1) is 40.4 Å². The molecule has 1 heterocycles. The van der Waals surface area contributed by atoms with Gasteiger partial charge in [-0.2, -0.15) is 0 Å². The van der Waals surface area contributed by atoms with Crippen molar-refractivity contribution < 1.29 is 19.7 Å². The van der Waals surface area contributed by atoms with Gasteiger partial charge in [0.15, 0.2) is 11.9 Å². The van der Waals surface area contributed by atoms with Crippen LogP contribution in [0.4, 0.5) is 0 Å². The number of aliphatic hydroxyl groups is 2. The van der Waals surface area contributed by atoms with Crippen LogP contribution < -0.4 is 0 Å². The van der Waals surface area contributed by atoms with E-state index in [2.05, 4.69) is 44.9 Å². The molecular weight excluding hydrogens is 412 g/mol. The molecule has 5 aliphatic rings. The molecule has 0 bridgehead atoms. The average molecular weight is 453 g/mol. The molecule has 4 fully saturated rings. The zero-order valence-corrected chi connectivity index (χ0v) is 20.4. The molecule has 4 nitrogen and oxygen atoms in total. The minimum atomic E-state index is -1.31. The van der Waals surface area contributed by atoms with E-state index in [1.807, 2.05) is 0 Å². The summed E-state index contributed by atoms with van der Waals surface area (Å²) in [6.45, 7) is 13.9. The Morgan fingerprint density at radius 3 is 2.73 bits per heavy atom. The van der Waals surface area contributed by atoms with Gasteiger partial charge in [0.05, 0.1) is 6.10 Å². The van der Waals surface area contributed by atoms with Crippen LogP contribution in [0.15, 0.2) is 36.0 Å². The first kappa shape index (κ1) is 23.4. The first-order valence-corrected chi connectivity index (χ1v) is 12.9. The molecule has 4 heteroatoms. The molecule has 0 aromatic rings. The van der Waals surface area contributed by atoms with Crippen LogP contribution in [-0.2, 0) is 9.47 Å². The highest BCUT2D eigenvalue weighted by Gasteiger charge is 2.66. The van der Waals surface area contributed by atoms with Crippen LogP contribution in [0.5, 0.6) is 0 Å². The van der Waals surface area contributed by atoms with E-state index in [4.69, 9.17) is 9.47 Å². The summed E-state index contributed by atoms with van der Waals surface area (Å²) < 4.78 is 12.2. The van der Waals surface area contributed by atoms with Gasteiger partial charge in [-0.15, -0.1) is 0 Å². The Morgan fingerprint density at radius 2 is 2.00 bits per heavy atom. The summed E-state index contributed by atoms with van der Waals surface area (Å²) in [5.74, 6) is 6.88. The van der Waals surface area contributed by atoms with E-state index in [0.29, 0.717) is 17.4 Å². The standard InChI is InChI=1S/C29H40O4/c1-19-20(2)29(31,13-7-16-30)28(4)15-12-24-23(26(19)28)10-9-21-18-22(11-14-27(21,24)3)33-25-8-5-6-17-32-25/h9,22-26,30-31H,1-2,5-6,8,10-12,14-18H2,3-4H3/t22?,23-,24-,25?,26+,27+,28+,29?/m1/s1. The lowest BCUT2D eigenvalue weighted by Gasteiger charge is -2.58. The molecule has 1 aliphatic heterocycles. The quantitative estimate of drug-likeness (QED) is 0.461. The molecule has 0 aromatic heterocycles. The van der Waals surface area contributed by atoms with Crippen molar-refractivity contribution >= 4 is 0 Å². The van der Waals surface area contributed by atoms with E-state index in [1.165, 1.54) is 6.42 Å². The van der Waals surface area contributed by atoms with Crippen LogP contribution >= 0.6 is 0 Å². The maximum atomic E-state index is 11.7. The molecule has 0 amide bonds. The van der Waals surface area contributed by atoms with Crippen LogP contribution in [0.2, 0.25) is 0 Å². The van der Waals surface area contributed by atoms with Gasteiger partial charge < -0.3 is 19.7 Å². The fourth-order valence-corrected chi connectivity index (χ4v) is 8.19. The SMILES string of the molecule is C=C1C(=C)C(O)(C#CCO)[C@@]2(C)CC[C@@H]3[C@@H](CC=C4CC(OC5CCCCO5)CC[C@@]43C)[C@H]12. The second-order valence-corrected chi connectivity index (χ2v) is 11.6. The number of hydrogen-bond donors (Lipinski definition) is 2. The monoisotopic (exact) mass is 452 g/mol. The molecule has 0 aromatic carbocycles. The van der Waals surface area contributed by atoms with Gasteiger partial charge in [0.2, 0.25) is 0 Å². The normalized spacial score (nSPS) is 47.0. The fourth-order valence-electron chi connectivity index (χ4n) is 8.19. The minimum absolute atomic E-state index is 0.0223. The van der Waals surface area contributed by atoms with Gasteiger partial charge in [-0.25, -0.2) is 0 Å². The topological polar surface area (TPSA) is 58.9 Å². The lowest BCUT2D eigenvalue weighted by atomic mass is 9.46. The van der Waals surface area contributed by atoms with Crippen LogP contribution in [0.1, 0.15) is 71.6 Å². The van der Waals surface area contributed by atoms with E-state index in [0.717, 1.165) is 63.5 Å². The summed E-state index contributed by atoms with van der Waals surface area (Å²) in [4.78, 5) is 0. The van der Waals surface area contributed by atoms with Crippen molar-refractivity contribution in [2.75, 3.05) is 13.2 Å². The first-order chi connectivity index (χ1) is 15.7. The van der Waals surface area contributed by atoms with Crippen LogP contribution in [0.25, 0.3) is 0 Å². The smallest absolute Gasteiger partial charge is 0.157 e. The van der Waals surface area contributed by atoms with Gasteiger partial charge in [0.25, 0.3) is 0 Å². The summed E-state index contributed by atoms with van der Waals surface area (Å²) >= 11 is 0. The Balaban J connectivity index is 1.39. The van der Waals surface area contributed by atoms with Crippen molar-refractivity contribution in [3.8, 4) is 11.8 Å². The number of ether oxygens (including phenoxy) is 2. The molecule has 2 N–H and O–H groups in total. The summed E-state index contributed by atoms with van der Waals surface area (Å²) in [5.41, 5.74) is 1.65. The molecule has 3 unspecified atom stereocenters. The lowest BCUT2D eigenvalue weighted by molar-refractivity contribution is -0.195. The average Bonchev–Trinajstić information content (AvgIpc) is 2.96. The van der Waals surface area contributed by atoms with Crippen LogP contribution in [-0.4, -0.2) is 41.4 Å². The second kappa shape index (κ2) is 8.38. The number of hydrogen-bond acceptors (Lipinski definition) is 4. The van der Waals surface area contributed by atoms with Gasteiger partial charge in [0, 0.05) is 12.0 Å². The molecule has 5 rings (SSSR count). The van der Waals surface area contributed by atoms with Crippen molar-refractivity contribution in [1.29, 1.82) is 0 Å². The van der Waals surface area contributed by atoms with Gasteiger partial charge in [0.1, 0.15) is 6.61 Å². The predicted octanol–water partition coefficient (Wildman–Crippen LogP) is 4.92. The Labute approximate surface area is 199 Å². The van der Waals surface area contributed by atoms with Crippen molar-refractivity contribution in [2.45, 2.75) is 89.6 Å². The molecule has 8 atom stereocenters. The van der Waals surface area contributed by atoms with E-state index < -0.39 is 11.0 Å². The molecule has 0 radical (unpaired) electrons. The zero-order chi connectivity index (χ0) is 23.4. The molecule has 33 heavy (non-hydrogen) atoms. The fraction of sp³-hybridized carbons (Fsp3) is 0.724. The van der Waals surface area contributed by atoms with E-state index in [1.54, 1.807) is 5.57 Å². The minimum Gasteiger partial charge on any atom is -0.384 e. The number of aliphatic hydroxyl groups excluding tert-OH is 1. The van der Waals surface area contributed by atoms with Crippen molar-refractivity contribution in [3.63, 3.8) is 0 Å². The Hall–Kier alpha value is -1.38. The number of allylic oxidation sites excluding steroid dienone is 1. The van der Waals surface area contributed by atoms with Gasteiger partial charge in [-0.1, -0.05) is 50.5 Å². The highest BCUT2D eigenvalue weighted by Crippen LogP contribution is 2.69. The molecule has 4 aliphatic carbocycles. The predicted molar refractivity (Wildman–Crippen MR) is 129 cm³/mol. The van der Waals surface area contributed by atoms with Gasteiger partial charge in [-0.3, -0.25) is 0 Å². The van der Waals surface area contributed by atoms with Gasteiger partial charge in [-0.05, 0) is 92.1 Å². The summed E-state index contributed by atoms with van der Waals surface area (Å²) in [6.07, 6.45) is 12.3. The Morgan fingerprint density at radius 1 is 1.18 bits per heavy atom. The van der Waals surface area contributed by atoms with Gasteiger partial charge >= 0.3 is 0 Å². The van der Waals surface area contributed by atoms with Crippen molar-refractivity contribution in [3.05, 3.63) is 36.0 Å². The number of rotatable bonds is 2. The maximum Gasteiger partial charge on any atom is 0.157 e. The van der Waals surface area contributed by atoms with Crippen molar-refractivity contribution in [2.24, 2.45) is 28.6 Å². The van der Waals surface area contributed by atoms with E-state index in [9.17, 15) is 10.2 Å². The molecule has 1 saturated heterocycles.